The van der Waals surface area contributed by atoms with E-state index in [4.69, 9.17) is 0 Å². The molecule has 0 aliphatic carbocycles. The molecule has 0 N–H and O–H groups in total. The van der Waals surface area contributed by atoms with Crippen molar-refractivity contribution in [3.05, 3.63) is 0 Å². The Morgan fingerprint density at radius 2 is 2.10 bits per heavy atom. The number of hydrogen-bond donors (Lipinski definition) is 0. The van der Waals surface area contributed by atoms with Crippen molar-refractivity contribution < 1.29 is 4.79 Å². The van der Waals surface area contributed by atoms with Crippen LogP contribution in [0.2, 0.25) is 0 Å². The summed E-state index contributed by atoms with van der Waals surface area (Å²) < 4.78 is 0. The van der Waals surface area contributed by atoms with Crippen LogP contribution in [0.15, 0.2) is 0 Å². The van der Waals surface area contributed by atoms with Crippen LogP contribution in [0.3, 0.4) is 0 Å². The maximum absolute atomic E-state index is 9.92. The smallest absolute Gasteiger partial charge is 0.119 e. The number of rotatable bonds is 6. The van der Waals surface area contributed by atoms with Crippen LogP contribution in [-0.2, 0) is 4.79 Å². The number of hydrogen-bond acceptors (Lipinski definition) is 1. The summed E-state index contributed by atoms with van der Waals surface area (Å²) >= 11 is 0. The van der Waals surface area contributed by atoms with E-state index in [1.54, 1.807) is 0 Å². The van der Waals surface area contributed by atoms with Gasteiger partial charge in [0.25, 0.3) is 0 Å². The summed E-state index contributed by atoms with van der Waals surface area (Å²) in [4.78, 5) is 9.92. The Balaban J connectivity index is 2.95. The highest BCUT2D eigenvalue weighted by Gasteiger charge is 1.96. The molecule has 0 aliphatic rings. The van der Waals surface area contributed by atoms with Crippen molar-refractivity contribution in [2.24, 2.45) is 5.92 Å². The van der Waals surface area contributed by atoms with Crippen molar-refractivity contribution in [3.63, 3.8) is 0 Å². The zero-order chi connectivity index (χ0) is 7.82. The molecule has 0 spiro atoms. The van der Waals surface area contributed by atoms with Gasteiger partial charge in [-0.3, -0.25) is 0 Å². The van der Waals surface area contributed by atoms with Gasteiger partial charge in [-0.1, -0.05) is 33.1 Å². The summed E-state index contributed by atoms with van der Waals surface area (Å²) in [6, 6.07) is 0. The molecule has 0 radical (unpaired) electrons. The Hall–Kier alpha value is -0.330. The average Bonchev–Trinajstić information content (AvgIpc) is 1.98. The SMILES string of the molecule is CC[C@@H](C)CCCCC=O. The largest absolute Gasteiger partial charge is 0.303 e. The lowest BCUT2D eigenvalue weighted by Gasteiger charge is -2.05. The Labute approximate surface area is 63.8 Å². The zero-order valence-corrected chi connectivity index (χ0v) is 7.10. The molecule has 60 valence electrons. The first-order valence-corrected chi connectivity index (χ1v) is 4.24. The van der Waals surface area contributed by atoms with Crippen LogP contribution in [0.1, 0.15) is 46.0 Å². The molecule has 0 unspecified atom stereocenters. The van der Waals surface area contributed by atoms with E-state index in [-0.39, 0.29) is 0 Å². The highest BCUT2D eigenvalue weighted by Crippen LogP contribution is 2.11. The van der Waals surface area contributed by atoms with Crippen molar-refractivity contribution in [2.45, 2.75) is 46.0 Å². The van der Waals surface area contributed by atoms with E-state index >= 15 is 0 Å². The minimum Gasteiger partial charge on any atom is -0.303 e. The highest BCUT2D eigenvalue weighted by atomic mass is 16.1. The van der Waals surface area contributed by atoms with Gasteiger partial charge >= 0.3 is 0 Å². The third kappa shape index (κ3) is 5.80. The van der Waals surface area contributed by atoms with E-state index in [0.29, 0.717) is 0 Å². The predicted molar refractivity (Wildman–Crippen MR) is 44.0 cm³/mol. The van der Waals surface area contributed by atoms with E-state index < -0.39 is 0 Å². The molecule has 1 atom stereocenters. The molecule has 1 heteroatoms. The van der Waals surface area contributed by atoms with Crippen LogP contribution in [-0.4, -0.2) is 6.29 Å². The standard InChI is InChI=1S/C9H18O/c1-3-9(2)7-5-4-6-8-10/h8-9H,3-7H2,1-2H3/t9-/m1/s1. The second kappa shape index (κ2) is 6.79. The van der Waals surface area contributed by atoms with Crippen LogP contribution in [0.4, 0.5) is 0 Å². The fraction of sp³-hybridized carbons (Fsp3) is 0.889. The molecular weight excluding hydrogens is 124 g/mol. The molecule has 0 amide bonds. The Bertz CT molecular complexity index is 78.8. The normalized spacial score (nSPS) is 13.0. The van der Waals surface area contributed by atoms with Gasteiger partial charge in [0.1, 0.15) is 6.29 Å². The molecule has 0 aromatic rings. The number of carbonyl (C=O) groups is 1. The van der Waals surface area contributed by atoms with E-state index in [1.807, 2.05) is 0 Å². The van der Waals surface area contributed by atoms with Crippen LogP contribution >= 0.6 is 0 Å². The predicted octanol–water partition coefficient (Wildman–Crippen LogP) is 2.79. The van der Waals surface area contributed by atoms with E-state index in [1.165, 1.54) is 19.3 Å². The lowest BCUT2D eigenvalue weighted by molar-refractivity contribution is -0.107. The van der Waals surface area contributed by atoms with Crippen LogP contribution < -0.4 is 0 Å². The molecule has 0 aromatic carbocycles. The third-order valence-corrected chi connectivity index (χ3v) is 1.97. The minimum absolute atomic E-state index is 0.746. The fourth-order valence-corrected chi connectivity index (χ4v) is 0.925. The van der Waals surface area contributed by atoms with Crippen LogP contribution in [0.5, 0.6) is 0 Å². The lowest BCUT2D eigenvalue weighted by atomic mass is 10.0. The molecule has 0 aromatic heterocycles. The monoisotopic (exact) mass is 142 g/mol. The quantitative estimate of drug-likeness (QED) is 0.411. The first-order valence-electron chi connectivity index (χ1n) is 4.24. The Morgan fingerprint density at radius 1 is 1.40 bits per heavy atom. The van der Waals surface area contributed by atoms with Crippen molar-refractivity contribution >= 4 is 6.29 Å². The molecule has 0 bridgehead atoms. The second-order valence-corrected chi connectivity index (χ2v) is 2.96. The van der Waals surface area contributed by atoms with Crippen molar-refractivity contribution in [1.29, 1.82) is 0 Å². The molecule has 10 heavy (non-hydrogen) atoms. The summed E-state index contributed by atoms with van der Waals surface area (Å²) in [6.07, 6.45) is 6.60. The molecule has 0 aliphatic heterocycles. The number of unbranched alkanes of at least 4 members (excludes halogenated alkanes) is 2. The molecule has 0 saturated carbocycles. The van der Waals surface area contributed by atoms with Gasteiger partial charge in [-0.05, 0) is 12.3 Å². The van der Waals surface area contributed by atoms with E-state index in [0.717, 1.165) is 25.0 Å². The molecule has 0 fully saturated rings. The summed E-state index contributed by atoms with van der Waals surface area (Å²) in [7, 11) is 0. The zero-order valence-electron chi connectivity index (χ0n) is 7.10. The molecule has 0 saturated heterocycles. The van der Waals surface area contributed by atoms with Gasteiger partial charge in [0.15, 0.2) is 0 Å². The Kier molecular flexibility index (Phi) is 6.56. The van der Waals surface area contributed by atoms with Gasteiger partial charge in [0.2, 0.25) is 0 Å². The van der Waals surface area contributed by atoms with Gasteiger partial charge in [-0.2, -0.15) is 0 Å². The minimum atomic E-state index is 0.746. The summed E-state index contributed by atoms with van der Waals surface area (Å²) in [5, 5.41) is 0. The average molecular weight is 142 g/mol. The summed E-state index contributed by atoms with van der Waals surface area (Å²) in [5.74, 6) is 0.839. The third-order valence-electron chi connectivity index (χ3n) is 1.97. The molecule has 1 nitrogen and oxygen atoms in total. The number of carbonyl (C=O) groups excluding carboxylic acids is 1. The maximum atomic E-state index is 9.92. The first kappa shape index (κ1) is 9.67. The molecule has 0 rings (SSSR count). The van der Waals surface area contributed by atoms with Gasteiger partial charge in [-0.25, -0.2) is 0 Å². The second-order valence-electron chi connectivity index (χ2n) is 2.96. The van der Waals surface area contributed by atoms with Gasteiger partial charge < -0.3 is 4.79 Å². The van der Waals surface area contributed by atoms with Gasteiger partial charge in [-0.15, -0.1) is 0 Å². The maximum Gasteiger partial charge on any atom is 0.119 e. The highest BCUT2D eigenvalue weighted by molar-refractivity contribution is 5.48. The van der Waals surface area contributed by atoms with E-state index in [9.17, 15) is 4.79 Å². The van der Waals surface area contributed by atoms with Crippen molar-refractivity contribution in [2.75, 3.05) is 0 Å². The first-order chi connectivity index (χ1) is 4.81. The van der Waals surface area contributed by atoms with E-state index in [2.05, 4.69) is 13.8 Å². The molecular formula is C9H18O. The molecule has 0 heterocycles. The fourth-order valence-electron chi connectivity index (χ4n) is 0.925. The van der Waals surface area contributed by atoms with Crippen molar-refractivity contribution in [3.8, 4) is 0 Å². The topological polar surface area (TPSA) is 17.1 Å². The van der Waals surface area contributed by atoms with Crippen LogP contribution in [0, 0.1) is 5.92 Å². The summed E-state index contributed by atoms with van der Waals surface area (Å²) in [5.41, 5.74) is 0. The summed E-state index contributed by atoms with van der Waals surface area (Å²) in [6.45, 7) is 4.48. The van der Waals surface area contributed by atoms with Crippen molar-refractivity contribution in [1.82, 2.24) is 0 Å². The lowest BCUT2D eigenvalue weighted by Crippen LogP contribution is -1.91. The number of aldehydes is 1. The van der Waals surface area contributed by atoms with Gasteiger partial charge in [0, 0.05) is 6.42 Å². The van der Waals surface area contributed by atoms with Crippen LogP contribution in [0.25, 0.3) is 0 Å². The van der Waals surface area contributed by atoms with Gasteiger partial charge in [0.05, 0.1) is 0 Å². The Morgan fingerprint density at radius 3 is 2.60 bits per heavy atom.